The van der Waals surface area contributed by atoms with Crippen molar-refractivity contribution in [1.82, 2.24) is 0 Å². The van der Waals surface area contributed by atoms with Crippen LogP contribution in [-0.4, -0.2) is 23.0 Å². The minimum atomic E-state index is -1.29. The summed E-state index contributed by atoms with van der Waals surface area (Å²) in [4.78, 5) is 36.2. The first-order valence-electron chi connectivity index (χ1n) is 8.25. The smallest absolute Gasteiger partial charge is 0.343 e. The molecule has 1 amide bonds. The summed E-state index contributed by atoms with van der Waals surface area (Å²) in [7, 11) is 0. The summed E-state index contributed by atoms with van der Waals surface area (Å²) in [5.74, 6) is -2.74. The summed E-state index contributed by atoms with van der Waals surface area (Å²) in [6.07, 6.45) is 0. The van der Waals surface area contributed by atoms with E-state index in [0.29, 0.717) is 15.6 Å². The molecule has 0 unspecified atom stereocenters. The molecule has 0 aliphatic rings. The quantitative estimate of drug-likeness (QED) is 0.431. The molecule has 29 heavy (non-hydrogen) atoms. The zero-order valence-corrected chi connectivity index (χ0v) is 16.2. The van der Waals surface area contributed by atoms with Gasteiger partial charge in [0.25, 0.3) is 5.91 Å². The summed E-state index contributed by atoms with van der Waals surface area (Å²) >= 11 is 11.8. The molecule has 0 aliphatic heterocycles. The van der Waals surface area contributed by atoms with E-state index in [0.717, 1.165) is 0 Å². The van der Waals surface area contributed by atoms with E-state index in [4.69, 9.17) is 27.9 Å². The number of ether oxygens (including phenoxy) is 1. The lowest BCUT2D eigenvalue weighted by molar-refractivity contribution is 0.0681. The average Bonchev–Trinajstić information content (AvgIpc) is 2.68. The fourth-order valence-electron chi connectivity index (χ4n) is 2.47. The molecule has 0 aromatic heterocycles. The maximum Gasteiger partial charge on any atom is 0.343 e. The maximum atomic E-state index is 12.4. The number of carboxylic acid groups (broad SMARTS) is 1. The van der Waals surface area contributed by atoms with Crippen molar-refractivity contribution >= 4 is 46.7 Å². The molecule has 2 N–H and O–H groups in total. The third kappa shape index (κ3) is 5.13. The first kappa shape index (κ1) is 20.4. The zero-order chi connectivity index (χ0) is 21.0. The van der Waals surface area contributed by atoms with Crippen molar-refractivity contribution in [2.24, 2.45) is 0 Å². The number of benzene rings is 3. The van der Waals surface area contributed by atoms with E-state index in [1.165, 1.54) is 36.4 Å². The minimum absolute atomic E-state index is 0.155. The predicted octanol–water partition coefficient (Wildman–Crippen LogP) is 5.16. The first-order valence-corrected chi connectivity index (χ1v) is 9.01. The van der Waals surface area contributed by atoms with Gasteiger partial charge >= 0.3 is 11.9 Å². The van der Waals surface area contributed by atoms with Gasteiger partial charge in [0.15, 0.2) is 0 Å². The monoisotopic (exact) mass is 429 g/mol. The lowest BCUT2D eigenvalue weighted by Gasteiger charge is -2.11. The normalized spacial score (nSPS) is 10.3. The number of halogens is 2. The van der Waals surface area contributed by atoms with Crippen molar-refractivity contribution in [2.45, 2.75) is 0 Å². The van der Waals surface area contributed by atoms with Crippen LogP contribution >= 0.6 is 23.2 Å². The van der Waals surface area contributed by atoms with Gasteiger partial charge in [0, 0.05) is 27.4 Å². The Balaban J connectivity index is 1.87. The first-order chi connectivity index (χ1) is 13.8. The average molecular weight is 430 g/mol. The van der Waals surface area contributed by atoms with Crippen LogP contribution in [0.2, 0.25) is 10.0 Å². The largest absolute Gasteiger partial charge is 0.478 e. The molecule has 0 bridgehead atoms. The number of hydrogen-bond donors (Lipinski definition) is 2. The minimum Gasteiger partial charge on any atom is -0.478 e. The van der Waals surface area contributed by atoms with Crippen molar-refractivity contribution in [3.63, 3.8) is 0 Å². The highest BCUT2D eigenvalue weighted by Gasteiger charge is 2.18. The highest BCUT2D eigenvalue weighted by atomic mass is 35.5. The second-order valence-electron chi connectivity index (χ2n) is 5.88. The Morgan fingerprint density at radius 2 is 1.45 bits per heavy atom. The van der Waals surface area contributed by atoms with Crippen molar-refractivity contribution < 1.29 is 24.2 Å². The lowest BCUT2D eigenvalue weighted by Crippen LogP contribution is -2.14. The fraction of sp³-hybridized carbons (Fsp3) is 0. The van der Waals surface area contributed by atoms with Crippen molar-refractivity contribution in [3.8, 4) is 5.75 Å². The third-order valence-corrected chi connectivity index (χ3v) is 4.29. The highest BCUT2D eigenvalue weighted by molar-refractivity contribution is 6.31. The van der Waals surface area contributed by atoms with E-state index in [1.54, 1.807) is 30.3 Å². The Hall–Kier alpha value is -3.35. The standard InChI is InChI=1S/C21H13Cl2NO5/c22-14-5-1-3-12(9-14)19(25)24-16-7-8-17(20(26)27)18(11-16)29-21(28)13-4-2-6-15(23)10-13/h1-11H,(H,24,25)(H,26,27). The van der Waals surface area contributed by atoms with E-state index in [2.05, 4.69) is 5.32 Å². The van der Waals surface area contributed by atoms with Gasteiger partial charge in [0.1, 0.15) is 11.3 Å². The molecule has 0 aliphatic carbocycles. The van der Waals surface area contributed by atoms with Crippen LogP contribution in [0.15, 0.2) is 66.7 Å². The Kier molecular flexibility index (Phi) is 6.16. The molecule has 8 heteroatoms. The van der Waals surface area contributed by atoms with Crippen molar-refractivity contribution in [3.05, 3.63) is 93.5 Å². The van der Waals surface area contributed by atoms with E-state index in [9.17, 15) is 19.5 Å². The van der Waals surface area contributed by atoms with Gasteiger partial charge in [0.2, 0.25) is 0 Å². The molecule has 0 saturated heterocycles. The summed E-state index contributed by atoms with van der Waals surface area (Å²) in [6, 6.07) is 16.2. The Morgan fingerprint density at radius 3 is 2.07 bits per heavy atom. The summed E-state index contributed by atoms with van der Waals surface area (Å²) in [5, 5.41) is 12.7. The fourth-order valence-corrected chi connectivity index (χ4v) is 2.85. The number of carboxylic acids is 1. The number of anilines is 1. The molecule has 0 heterocycles. The molecule has 3 rings (SSSR count). The van der Waals surface area contributed by atoms with Crippen LogP contribution < -0.4 is 10.1 Å². The molecule has 0 fully saturated rings. The Labute approximate surface area is 175 Å². The number of carbonyl (C=O) groups excluding carboxylic acids is 2. The molecule has 0 spiro atoms. The van der Waals surface area contributed by atoms with E-state index in [-0.39, 0.29) is 22.6 Å². The van der Waals surface area contributed by atoms with E-state index in [1.807, 2.05) is 0 Å². The van der Waals surface area contributed by atoms with Gasteiger partial charge in [-0.25, -0.2) is 9.59 Å². The molecule has 146 valence electrons. The van der Waals surface area contributed by atoms with Crippen LogP contribution in [0.25, 0.3) is 0 Å². The topological polar surface area (TPSA) is 92.7 Å². The molecule has 0 saturated carbocycles. The van der Waals surface area contributed by atoms with Crippen LogP contribution in [0.5, 0.6) is 5.75 Å². The molecular weight excluding hydrogens is 417 g/mol. The van der Waals surface area contributed by atoms with Gasteiger partial charge in [-0.05, 0) is 48.5 Å². The van der Waals surface area contributed by atoms with Crippen LogP contribution in [0.1, 0.15) is 31.1 Å². The van der Waals surface area contributed by atoms with Gasteiger partial charge in [-0.3, -0.25) is 4.79 Å². The number of carbonyl (C=O) groups is 3. The number of aromatic carboxylic acids is 1. The third-order valence-electron chi connectivity index (χ3n) is 3.82. The number of nitrogens with one attached hydrogen (secondary N) is 1. The summed E-state index contributed by atoms with van der Waals surface area (Å²) in [5.41, 5.74) is 0.481. The summed E-state index contributed by atoms with van der Waals surface area (Å²) < 4.78 is 5.24. The molecule has 3 aromatic carbocycles. The molecule has 0 atom stereocenters. The second-order valence-corrected chi connectivity index (χ2v) is 6.75. The van der Waals surface area contributed by atoms with Gasteiger partial charge < -0.3 is 15.2 Å². The zero-order valence-electron chi connectivity index (χ0n) is 14.7. The van der Waals surface area contributed by atoms with Crippen LogP contribution in [0.4, 0.5) is 5.69 Å². The summed E-state index contributed by atoms with van der Waals surface area (Å²) in [6.45, 7) is 0. The van der Waals surface area contributed by atoms with Gasteiger partial charge in [-0.15, -0.1) is 0 Å². The molecule has 6 nitrogen and oxygen atoms in total. The van der Waals surface area contributed by atoms with Crippen LogP contribution in [-0.2, 0) is 0 Å². The Bertz CT molecular complexity index is 1110. The van der Waals surface area contributed by atoms with Gasteiger partial charge in [0.05, 0.1) is 5.56 Å². The second kappa shape index (κ2) is 8.77. The molecule has 0 radical (unpaired) electrons. The van der Waals surface area contributed by atoms with E-state index >= 15 is 0 Å². The van der Waals surface area contributed by atoms with Crippen molar-refractivity contribution in [1.29, 1.82) is 0 Å². The Morgan fingerprint density at radius 1 is 0.828 bits per heavy atom. The molecular formula is C21H13Cl2NO5. The van der Waals surface area contributed by atoms with Crippen LogP contribution in [0, 0.1) is 0 Å². The van der Waals surface area contributed by atoms with Gasteiger partial charge in [-0.1, -0.05) is 35.3 Å². The highest BCUT2D eigenvalue weighted by Crippen LogP contribution is 2.26. The molecule has 3 aromatic rings. The van der Waals surface area contributed by atoms with Crippen LogP contribution in [0.3, 0.4) is 0 Å². The predicted molar refractivity (Wildman–Crippen MR) is 109 cm³/mol. The number of hydrogen-bond acceptors (Lipinski definition) is 4. The van der Waals surface area contributed by atoms with Crippen molar-refractivity contribution in [2.75, 3.05) is 5.32 Å². The number of rotatable bonds is 5. The lowest BCUT2D eigenvalue weighted by atomic mass is 10.1. The van der Waals surface area contributed by atoms with Gasteiger partial charge in [-0.2, -0.15) is 0 Å². The SMILES string of the molecule is O=C(Nc1ccc(C(=O)O)c(OC(=O)c2cccc(Cl)c2)c1)c1cccc(Cl)c1. The maximum absolute atomic E-state index is 12.4. The number of amides is 1. The number of esters is 1. The van der Waals surface area contributed by atoms with E-state index < -0.39 is 17.8 Å².